The largest absolute Gasteiger partial charge is 0.481 e. The number of amides is 5. The Balaban J connectivity index is 0.000000177. The Bertz CT molecular complexity index is 1610. The Morgan fingerprint density at radius 1 is 0.792 bits per heavy atom. The molecule has 4 fully saturated rings. The van der Waals surface area contributed by atoms with Crippen LogP contribution in [0.15, 0.2) is 79.0 Å². The van der Waals surface area contributed by atoms with Crippen molar-refractivity contribution in [3.05, 3.63) is 90.1 Å². The lowest BCUT2D eigenvalue weighted by molar-refractivity contribution is -0.143. The molecule has 3 aromatic rings. The third-order valence-corrected chi connectivity index (χ3v) is 8.87. The van der Waals surface area contributed by atoms with E-state index in [1.807, 2.05) is 60.7 Å². The minimum atomic E-state index is -0.943. The fraction of sp³-hybridized carbons (Fsp3) is 0.382. The van der Waals surface area contributed by atoms with Crippen LogP contribution in [0.2, 0.25) is 0 Å². The van der Waals surface area contributed by atoms with E-state index in [1.54, 1.807) is 23.2 Å². The molecule has 4 bridgehead atoms. The van der Waals surface area contributed by atoms with E-state index < -0.39 is 18.1 Å². The van der Waals surface area contributed by atoms with Crippen molar-refractivity contribution in [2.45, 2.75) is 63.1 Å². The number of aliphatic carboxylic acids is 1. The first kappa shape index (κ1) is 32.7. The third kappa shape index (κ3) is 7.19. The van der Waals surface area contributed by atoms with Crippen LogP contribution in [0.4, 0.5) is 15.3 Å². The molecule has 14 nitrogen and oxygen atoms in total. The van der Waals surface area contributed by atoms with Gasteiger partial charge in [-0.1, -0.05) is 60.7 Å². The average molecular weight is 659 g/mol. The van der Waals surface area contributed by atoms with Gasteiger partial charge in [0.1, 0.15) is 25.3 Å². The number of hydrogen-bond donors (Lipinski definition) is 2. The highest BCUT2D eigenvalue weighted by Gasteiger charge is 2.49. The van der Waals surface area contributed by atoms with Crippen LogP contribution in [0.25, 0.3) is 0 Å². The number of urea groups is 2. The Labute approximate surface area is 277 Å². The standard InChI is InChI=1S/C20H22N4O4.C14H16N2O4/c1-27-18-11-15(9-10-21-18)22-19(25)17-8-7-16-12-23(17)20(26)24(16)28-13-14-5-3-2-4-6-14;17-13(18)12-7-6-11-8-15(12)14(19)16(11)20-9-10-4-2-1-3-5-10/h2-6,9-11,16-17H,7-8,12-13H2,1H3,(H,21,22,25);1-5,11-12H,6-9H2,(H,17,18)/t16-,17+;11-,12+/m11/s1. The van der Waals surface area contributed by atoms with Gasteiger partial charge in [-0.25, -0.2) is 19.4 Å². The molecule has 252 valence electrons. The Hall–Kier alpha value is -5.21. The Kier molecular flexibility index (Phi) is 10.0. The first-order chi connectivity index (χ1) is 23.3. The molecule has 4 aliphatic rings. The number of benzene rings is 2. The Morgan fingerprint density at radius 3 is 1.83 bits per heavy atom. The molecule has 2 N–H and O–H groups in total. The van der Waals surface area contributed by atoms with Crippen molar-refractivity contribution in [2.24, 2.45) is 0 Å². The van der Waals surface area contributed by atoms with E-state index >= 15 is 0 Å². The molecule has 4 saturated heterocycles. The predicted octanol–water partition coefficient (Wildman–Crippen LogP) is 3.90. The van der Waals surface area contributed by atoms with Crippen LogP contribution in [0, 0.1) is 0 Å². The van der Waals surface area contributed by atoms with Crippen LogP contribution < -0.4 is 10.1 Å². The highest BCUT2D eigenvalue weighted by atomic mass is 16.7. The maximum atomic E-state index is 12.8. The summed E-state index contributed by atoms with van der Waals surface area (Å²) in [5.41, 5.74) is 2.56. The summed E-state index contributed by atoms with van der Waals surface area (Å²) < 4.78 is 5.08. The number of nitrogens with one attached hydrogen (secondary N) is 1. The van der Waals surface area contributed by atoms with Crippen molar-refractivity contribution in [1.82, 2.24) is 24.9 Å². The quantitative estimate of drug-likeness (QED) is 0.330. The van der Waals surface area contributed by atoms with Crippen LogP contribution in [0.5, 0.6) is 5.88 Å². The fourth-order valence-corrected chi connectivity index (χ4v) is 6.39. The number of rotatable bonds is 10. The van der Waals surface area contributed by atoms with Gasteiger partial charge in [0.15, 0.2) is 0 Å². The van der Waals surface area contributed by atoms with E-state index in [1.165, 1.54) is 22.1 Å². The van der Waals surface area contributed by atoms with Crippen molar-refractivity contribution in [1.29, 1.82) is 0 Å². The highest BCUT2D eigenvalue weighted by Crippen LogP contribution is 2.32. The van der Waals surface area contributed by atoms with Gasteiger partial charge in [0.2, 0.25) is 11.8 Å². The number of hydrogen-bond acceptors (Lipinski definition) is 8. The van der Waals surface area contributed by atoms with Gasteiger partial charge in [0, 0.05) is 31.0 Å². The van der Waals surface area contributed by atoms with Crippen molar-refractivity contribution in [3.8, 4) is 5.88 Å². The van der Waals surface area contributed by atoms with E-state index in [9.17, 15) is 19.2 Å². The monoisotopic (exact) mass is 658 g/mol. The fourth-order valence-electron chi connectivity index (χ4n) is 6.39. The zero-order valence-electron chi connectivity index (χ0n) is 26.5. The van der Waals surface area contributed by atoms with Gasteiger partial charge < -0.3 is 25.0 Å². The molecule has 4 atom stereocenters. The molecule has 14 heteroatoms. The zero-order valence-corrected chi connectivity index (χ0v) is 26.5. The minimum Gasteiger partial charge on any atom is -0.481 e. The number of pyridine rings is 1. The minimum absolute atomic E-state index is 0.0266. The number of carbonyl (C=O) groups is 4. The number of anilines is 1. The first-order valence-corrected chi connectivity index (χ1v) is 15.9. The van der Waals surface area contributed by atoms with Crippen LogP contribution in [-0.2, 0) is 32.5 Å². The van der Waals surface area contributed by atoms with Crippen molar-refractivity contribution >= 4 is 29.6 Å². The van der Waals surface area contributed by atoms with Crippen LogP contribution in [0.3, 0.4) is 0 Å². The number of fused-ring (bicyclic) bond motifs is 4. The maximum Gasteiger partial charge on any atom is 0.345 e. The summed E-state index contributed by atoms with van der Waals surface area (Å²) in [4.78, 5) is 67.2. The number of ether oxygens (including phenoxy) is 1. The second kappa shape index (κ2) is 14.7. The maximum absolute atomic E-state index is 12.8. The summed E-state index contributed by atoms with van der Waals surface area (Å²) in [7, 11) is 1.52. The number of methoxy groups -OCH3 is 1. The number of hydroxylamine groups is 4. The van der Waals surface area contributed by atoms with Crippen molar-refractivity contribution in [3.63, 3.8) is 0 Å². The van der Waals surface area contributed by atoms with Gasteiger partial charge >= 0.3 is 18.0 Å². The predicted molar refractivity (Wildman–Crippen MR) is 171 cm³/mol. The lowest BCUT2D eigenvalue weighted by atomic mass is 10.0. The topological polar surface area (TPSA) is 154 Å². The van der Waals surface area contributed by atoms with Crippen molar-refractivity contribution < 1.29 is 38.7 Å². The SMILES string of the molecule is COc1cc(NC(=O)[C@@H]2CC[C@@H]3CN2C(=O)N3OCc2ccccc2)ccn1.O=C(O)[C@@H]1CC[C@@H]2CN1C(=O)N2OCc1ccccc1. The third-order valence-electron chi connectivity index (χ3n) is 8.87. The normalized spacial score (nSPS) is 22.7. The smallest absolute Gasteiger partial charge is 0.345 e. The average Bonchev–Trinajstić information content (AvgIpc) is 3.49. The van der Waals surface area contributed by atoms with E-state index in [0.717, 1.165) is 17.5 Å². The van der Waals surface area contributed by atoms with Crippen molar-refractivity contribution in [2.75, 3.05) is 25.5 Å². The van der Waals surface area contributed by atoms with E-state index in [-0.39, 0.29) is 30.1 Å². The molecule has 0 radical (unpaired) electrons. The molecule has 1 aromatic heterocycles. The Morgan fingerprint density at radius 2 is 1.31 bits per heavy atom. The lowest BCUT2D eigenvalue weighted by Gasteiger charge is -2.29. The first-order valence-electron chi connectivity index (χ1n) is 15.9. The zero-order chi connectivity index (χ0) is 33.6. The molecule has 0 unspecified atom stereocenters. The number of piperidine rings is 2. The van der Waals surface area contributed by atoms with Gasteiger partial charge in [0.25, 0.3) is 0 Å². The molecule has 0 aliphatic carbocycles. The summed E-state index contributed by atoms with van der Waals surface area (Å²) in [6.45, 7) is 1.56. The second-order valence-corrected chi connectivity index (χ2v) is 11.9. The van der Waals surface area contributed by atoms with E-state index in [4.69, 9.17) is 19.5 Å². The molecule has 48 heavy (non-hydrogen) atoms. The molecular formula is C34H38N6O8. The van der Waals surface area contributed by atoms with E-state index in [0.29, 0.717) is 57.1 Å². The summed E-state index contributed by atoms with van der Waals surface area (Å²) in [5, 5.41) is 14.7. The molecule has 0 spiro atoms. The molecule has 2 aromatic carbocycles. The number of nitrogens with zero attached hydrogens (tertiary/aromatic N) is 5. The molecule has 7 rings (SSSR count). The van der Waals surface area contributed by atoms with E-state index in [2.05, 4.69) is 10.3 Å². The molecular weight excluding hydrogens is 620 g/mol. The highest BCUT2D eigenvalue weighted by molar-refractivity contribution is 5.97. The van der Waals surface area contributed by atoms with Gasteiger partial charge in [-0.05, 0) is 42.9 Å². The summed E-state index contributed by atoms with van der Waals surface area (Å²) in [5.74, 6) is -0.745. The summed E-state index contributed by atoms with van der Waals surface area (Å²) >= 11 is 0. The molecule has 4 aliphatic heterocycles. The molecule has 5 amide bonds. The van der Waals surface area contributed by atoms with Gasteiger partial charge in [-0.2, -0.15) is 10.1 Å². The molecule has 5 heterocycles. The summed E-state index contributed by atoms with van der Waals surface area (Å²) in [6.07, 6.45) is 4.01. The van der Waals surface area contributed by atoms with Crippen LogP contribution >= 0.6 is 0 Å². The number of carbonyl (C=O) groups excluding carboxylic acids is 3. The number of carboxylic acids is 1. The van der Waals surface area contributed by atoms with Crippen LogP contribution in [0.1, 0.15) is 36.8 Å². The summed E-state index contributed by atoms with van der Waals surface area (Å²) in [6, 6.07) is 20.7. The van der Waals surface area contributed by atoms with Gasteiger partial charge in [0.05, 0.1) is 19.2 Å². The van der Waals surface area contributed by atoms with Crippen LogP contribution in [-0.4, -0.2) is 98.3 Å². The molecule has 0 saturated carbocycles. The number of carboxylic acid groups (broad SMARTS) is 1. The lowest BCUT2D eigenvalue weighted by Crippen LogP contribution is -2.47. The second-order valence-electron chi connectivity index (χ2n) is 11.9. The van der Waals surface area contributed by atoms with Gasteiger partial charge in [-0.15, -0.1) is 0 Å². The number of aromatic nitrogens is 1. The van der Waals surface area contributed by atoms with Gasteiger partial charge in [-0.3, -0.25) is 14.5 Å².